The van der Waals surface area contributed by atoms with Crippen molar-refractivity contribution >= 4 is 5.78 Å². The molecule has 98 valence electrons. The van der Waals surface area contributed by atoms with Crippen LogP contribution < -0.4 is 0 Å². The third kappa shape index (κ3) is 2.39. The molecule has 2 aliphatic carbocycles. The van der Waals surface area contributed by atoms with Crippen LogP contribution >= 0.6 is 0 Å². The molecule has 0 fully saturated rings. The zero-order chi connectivity index (χ0) is 13.2. The predicted molar refractivity (Wildman–Crippen MR) is 71.4 cm³/mol. The van der Waals surface area contributed by atoms with Gasteiger partial charge in [-0.15, -0.1) is 0 Å². The number of Topliss-reactive ketones (excluding diaryl/α,β-unsaturated/α-hetero) is 1. The molecule has 0 saturated carbocycles. The summed E-state index contributed by atoms with van der Waals surface area (Å²) >= 11 is 0. The van der Waals surface area contributed by atoms with Crippen molar-refractivity contribution in [3.8, 4) is 0 Å². The van der Waals surface area contributed by atoms with Gasteiger partial charge in [0.05, 0.1) is 6.61 Å². The largest absolute Gasteiger partial charge is 0.386 e. The van der Waals surface area contributed by atoms with Gasteiger partial charge in [-0.2, -0.15) is 0 Å². The molecule has 0 saturated heterocycles. The smallest absolute Gasteiger partial charge is 0.163 e. The molecular weight excluding hydrogens is 240 g/mol. The monoisotopic (exact) mass is 256 g/mol. The quantitative estimate of drug-likeness (QED) is 0.901. The van der Waals surface area contributed by atoms with Gasteiger partial charge in [-0.05, 0) is 17.6 Å². The van der Waals surface area contributed by atoms with E-state index in [2.05, 4.69) is 0 Å². The topological polar surface area (TPSA) is 46.5 Å². The maximum absolute atomic E-state index is 11.6. The van der Waals surface area contributed by atoms with E-state index in [4.69, 9.17) is 4.74 Å². The summed E-state index contributed by atoms with van der Waals surface area (Å²) in [5.74, 6) is 0.131. The Morgan fingerprint density at radius 2 is 2.00 bits per heavy atom. The molecule has 3 nitrogen and oxygen atoms in total. The molecule has 0 bridgehead atoms. The molecule has 1 aromatic carbocycles. The van der Waals surface area contributed by atoms with Crippen molar-refractivity contribution in [2.45, 2.75) is 31.7 Å². The van der Waals surface area contributed by atoms with Crippen molar-refractivity contribution in [2.24, 2.45) is 0 Å². The molecule has 1 aromatic rings. The molecule has 2 unspecified atom stereocenters. The highest BCUT2D eigenvalue weighted by Crippen LogP contribution is 2.32. The van der Waals surface area contributed by atoms with Crippen LogP contribution in [-0.2, 0) is 16.1 Å². The Bertz CT molecular complexity index is 542. The second kappa shape index (κ2) is 5.11. The molecule has 0 amide bonds. The number of aliphatic hydroxyl groups excluding tert-OH is 1. The molecular formula is C16H16O3. The minimum absolute atomic E-state index is 0.131. The van der Waals surface area contributed by atoms with E-state index in [1.165, 1.54) is 0 Å². The fraction of sp³-hybridized carbons (Fsp3) is 0.312. The predicted octanol–water partition coefficient (Wildman–Crippen LogP) is 2.16. The first-order valence-electron chi connectivity index (χ1n) is 6.54. The number of ether oxygens (including phenoxy) is 1. The minimum atomic E-state index is -0.685. The van der Waals surface area contributed by atoms with E-state index in [1.807, 2.05) is 30.3 Å². The van der Waals surface area contributed by atoms with Gasteiger partial charge in [0.1, 0.15) is 12.2 Å². The summed E-state index contributed by atoms with van der Waals surface area (Å²) in [6.45, 7) is 0.462. The van der Waals surface area contributed by atoms with Gasteiger partial charge in [0.25, 0.3) is 0 Å². The Kier molecular flexibility index (Phi) is 3.32. The van der Waals surface area contributed by atoms with Gasteiger partial charge in [-0.25, -0.2) is 0 Å². The molecule has 0 spiro atoms. The third-order valence-corrected chi connectivity index (χ3v) is 3.67. The van der Waals surface area contributed by atoms with Gasteiger partial charge in [0, 0.05) is 12.0 Å². The summed E-state index contributed by atoms with van der Waals surface area (Å²) in [6.07, 6.45) is 3.71. The number of carbonyl (C=O) groups excluding carboxylic acids is 1. The van der Waals surface area contributed by atoms with Gasteiger partial charge >= 0.3 is 0 Å². The number of allylic oxidation sites excluding steroid dienone is 2. The summed E-state index contributed by atoms with van der Waals surface area (Å²) in [7, 11) is 0. The SMILES string of the molecule is O=C1CCC2=C1C=CC(OCc1ccccc1)C2O. The lowest BCUT2D eigenvalue weighted by Crippen LogP contribution is -2.31. The first-order chi connectivity index (χ1) is 9.25. The average Bonchev–Trinajstić information content (AvgIpc) is 2.82. The van der Waals surface area contributed by atoms with E-state index in [0.717, 1.165) is 11.1 Å². The van der Waals surface area contributed by atoms with Crippen LogP contribution in [0.5, 0.6) is 0 Å². The zero-order valence-electron chi connectivity index (χ0n) is 10.6. The van der Waals surface area contributed by atoms with Crippen molar-refractivity contribution in [2.75, 3.05) is 0 Å². The minimum Gasteiger partial charge on any atom is -0.386 e. The molecule has 3 heteroatoms. The summed E-state index contributed by atoms with van der Waals surface area (Å²) in [4.78, 5) is 11.6. The van der Waals surface area contributed by atoms with Crippen molar-refractivity contribution < 1.29 is 14.6 Å². The molecule has 0 radical (unpaired) electrons. The Hall–Kier alpha value is -1.71. The van der Waals surface area contributed by atoms with Crippen LogP contribution in [0, 0.1) is 0 Å². The van der Waals surface area contributed by atoms with E-state index in [-0.39, 0.29) is 11.9 Å². The molecule has 2 atom stereocenters. The number of ketones is 1. The van der Waals surface area contributed by atoms with Gasteiger partial charge < -0.3 is 9.84 Å². The second-order valence-corrected chi connectivity index (χ2v) is 4.93. The second-order valence-electron chi connectivity index (χ2n) is 4.93. The van der Waals surface area contributed by atoms with Crippen LogP contribution in [0.1, 0.15) is 18.4 Å². The molecule has 2 aliphatic rings. The zero-order valence-corrected chi connectivity index (χ0v) is 10.6. The molecule has 0 heterocycles. The van der Waals surface area contributed by atoms with E-state index < -0.39 is 6.10 Å². The molecule has 0 aliphatic heterocycles. The normalized spacial score (nSPS) is 25.8. The molecule has 19 heavy (non-hydrogen) atoms. The van der Waals surface area contributed by atoms with Crippen molar-refractivity contribution in [3.63, 3.8) is 0 Å². The van der Waals surface area contributed by atoms with Crippen LogP contribution in [0.25, 0.3) is 0 Å². The van der Waals surface area contributed by atoms with Crippen molar-refractivity contribution in [1.29, 1.82) is 0 Å². The number of benzene rings is 1. The highest BCUT2D eigenvalue weighted by atomic mass is 16.5. The Morgan fingerprint density at radius 3 is 2.79 bits per heavy atom. The molecule has 3 rings (SSSR count). The summed E-state index contributed by atoms with van der Waals surface area (Å²) in [5.41, 5.74) is 2.60. The van der Waals surface area contributed by atoms with E-state index >= 15 is 0 Å². The van der Waals surface area contributed by atoms with E-state index in [9.17, 15) is 9.90 Å². The van der Waals surface area contributed by atoms with Crippen LogP contribution in [-0.4, -0.2) is 23.1 Å². The van der Waals surface area contributed by atoms with Crippen LogP contribution in [0.2, 0.25) is 0 Å². The van der Waals surface area contributed by atoms with Gasteiger partial charge in [-0.1, -0.05) is 42.5 Å². The Morgan fingerprint density at radius 1 is 1.21 bits per heavy atom. The molecule has 1 N–H and O–H groups in total. The first-order valence-corrected chi connectivity index (χ1v) is 6.54. The standard InChI is InChI=1S/C16H16O3/c17-14-8-6-13-12(14)7-9-15(16(13)18)19-10-11-4-2-1-3-5-11/h1-5,7,9,15-16,18H,6,8,10H2. The van der Waals surface area contributed by atoms with Crippen LogP contribution in [0.3, 0.4) is 0 Å². The number of hydrogen-bond donors (Lipinski definition) is 1. The lowest BCUT2D eigenvalue weighted by molar-refractivity contribution is -0.114. The number of hydrogen-bond acceptors (Lipinski definition) is 3. The highest BCUT2D eigenvalue weighted by Gasteiger charge is 2.33. The fourth-order valence-electron chi connectivity index (χ4n) is 2.61. The maximum atomic E-state index is 11.6. The highest BCUT2D eigenvalue weighted by molar-refractivity contribution is 6.01. The summed E-state index contributed by atoms with van der Waals surface area (Å²) in [5, 5.41) is 10.2. The first kappa shape index (κ1) is 12.3. The third-order valence-electron chi connectivity index (χ3n) is 3.67. The maximum Gasteiger partial charge on any atom is 0.163 e. The Balaban J connectivity index is 1.67. The van der Waals surface area contributed by atoms with Gasteiger partial charge in [0.15, 0.2) is 5.78 Å². The number of aliphatic hydroxyl groups is 1. The van der Waals surface area contributed by atoms with Crippen LogP contribution in [0.4, 0.5) is 0 Å². The Labute approximate surface area is 112 Å². The molecule has 0 aromatic heterocycles. The average molecular weight is 256 g/mol. The van der Waals surface area contributed by atoms with Crippen molar-refractivity contribution in [3.05, 3.63) is 59.2 Å². The van der Waals surface area contributed by atoms with Gasteiger partial charge in [-0.3, -0.25) is 4.79 Å². The number of rotatable bonds is 3. The summed E-state index contributed by atoms with van der Waals surface area (Å²) < 4.78 is 5.74. The fourth-order valence-corrected chi connectivity index (χ4v) is 2.61. The summed E-state index contributed by atoms with van der Waals surface area (Å²) in [6, 6.07) is 9.86. The van der Waals surface area contributed by atoms with E-state index in [0.29, 0.717) is 25.0 Å². The van der Waals surface area contributed by atoms with Gasteiger partial charge in [0.2, 0.25) is 0 Å². The van der Waals surface area contributed by atoms with Crippen LogP contribution in [0.15, 0.2) is 53.6 Å². The van der Waals surface area contributed by atoms with Crippen molar-refractivity contribution in [1.82, 2.24) is 0 Å². The van der Waals surface area contributed by atoms with E-state index in [1.54, 1.807) is 12.2 Å². The lowest BCUT2D eigenvalue weighted by Gasteiger charge is -2.25. The lowest BCUT2D eigenvalue weighted by atomic mass is 9.95. The number of carbonyl (C=O) groups is 1.